The highest BCUT2D eigenvalue weighted by Crippen LogP contribution is 2.37. The molecule has 306 valence electrons. The van der Waals surface area contributed by atoms with Gasteiger partial charge in [0.05, 0.1) is 35.3 Å². The minimum atomic E-state index is -1.77. The molecule has 0 saturated carbocycles. The zero-order valence-electron chi connectivity index (χ0n) is 34.1. The van der Waals surface area contributed by atoms with Crippen LogP contribution in [0.1, 0.15) is 81.1 Å². The normalized spacial score (nSPS) is 39.5. The summed E-state index contributed by atoms with van der Waals surface area (Å²) in [6.45, 7) is 15.7. The molecule has 4 unspecified atom stereocenters. The van der Waals surface area contributed by atoms with E-state index < -0.39 is 71.9 Å². The zero-order chi connectivity index (χ0) is 40.1. The number of anilines is 1. The number of cyclic esters (lactones) is 1. The van der Waals surface area contributed by atoms with Gasteiger partial charge >= 0.3 is 5.97 Å². The van der Waals surface area contributed by atoms with E-state index in [-0.39, 0.29) is 30.9 Å². The molecule has 1 aromatic heterocycles. The Morgan fingerprint density at radius 2 is 1.74 bits per heavy atom. The van der Waals surface area contributed by atoms with E-state index in [1.807, 2.05) is 63.2 Å². The van der Waals surface area contributed by atoms with E-state index in [1.54, 1.807) is 33.9 Å². The number of aliphatic hydroxyl groups is 5. The highest BCUT2D eigenvalue weighted by molar-refractivity contribution is 5.90. The van der Waals surface area contributed by atoms with Crippen molar-refractivity contribution in [2.45, 2.75) is 147 Å². The van der Waals surface area contributed by atoms with Crippen LogP contribution in [0.4, 0.5) is 5.69 Å². The molecular formula is C41H68N4O9. The summed E-state index contributed by atoms with van der Waals surface area (Å²) in [5, 5.41) is 63.1. The number of pyridine rings is 1. The lowest BCUT2D eigenvalue weighted by atomic mass is 9.78. The van der Waals surface area contributed by atoms with Crippen molar-refractivity contribution < 1.29 is 44.5 Å². The third-order valence-electron chi connectivity index (χ3n) is 12.0. The van der Waals surface area contributed by atoms with E-state index in [0.717, 1.165) is 29.6 Å². The second-order valence-corrected chi connectivity index (χ2v) is 16.8. The van der Waals surface area contributed by atoms with Gasteiger partial charge in [-0.2, -0.15) is 0 Å². The number of nitrogens with zero attached hydrogens (tertiary/aromatic N) is 3. The Bertz CT molecular complexity index is 1490. The summed E-state index contributed by atoms with van der Waals surface area (Å²) >= 11 is 0. The average Bonchev–Trinajstić information content (AvgIpc) is 3.12. The molecule has 0 radical (unpaired) electrons. The Kier molecular flexibility index (Phi) is 15.3. The van der Waals surface area contributed by atoms with E-state index in [2.05, 4.69) is 15.2 Å². The predicted molar refractivity (Wildman–Crippen MR) is 209 cm³/mol. The van der Waals surface area contributed by atoms with Crippen LogP contribution in [0.2, 0.25) is 0 Å². The number of benzene rings is 1. The van der Waals surface area contributed by atoms with Gasteiger partial charge in [-0.15, -0.1) is 0 Å². The lowest BCUT2D eigenvalue weighted by molar-refractivity contribution is -0.299. The van der Waals surface area contributed by atoms with Crippen molar-refractivity contribution in [1.82, 2.24) is 14.8 Å². The maximum atomic E-state index is 13.5. The molecule has 4 rings (SSSR count). The number of likely N-dealkylation sites (N-methyl/N-ethyl adjacent to an activating group) is 2. The van der Waals surface area contributed by atoms with Gasteiger partial charge in [0.25, 0.3) is 0 Å². The minimum Gasteiger partial charge on any atom is -0.459 e. The van der Waals surface area contributed by atoms with Crippen LogP contribution >= 0.6 is 0 Å². The van der Waals surface area contributed by atoms with Gasteiger partial charge in [0.2, 0.25) is 0 Å². The largest absolute Gasteiger partial charge is 0.459 e. The number of carbonyl (C=O) groups is 1. The summed E-state index contributed by atoms with van der Waals surface area (Å²) in [4.78, 5) is 22.0. The molecule has 13 heteroatoms. The molecule has 13 nitrogen and oxygen atoms in total. The molecule has 2 aliphatic heterocycles. The molecule has 2 saturated heterocycles. The van der Waals surface area contributed by atoms with Gasteiger partial charge in [-0.3, -0.25) is 9.78 Å². The number of carbonyl (C=O) groups excluding carboxylic acids is 1. The highest BCUT2D eigenvalue weighted by atomic mass is 16.7. The monoisotopic (exact) mass is 760 g/mol. The third-order valence-corrected chi connectivity index (χ3v) is 12.0. The van der Waals surface area contributed by atoms with Gasteiger partial charge in [0.1, 0.15) is 23.9 Å². The molecule has 1 aromatic carbocycles. The van der Waals surface area contributed by atoms with Crippen molar-refractivity contribution in [2.75, 3.05) is 39.0 Å². The number of aliphatic hydroxyl groups excluding tert-OH is 3. The van der Waals surface area contributed by atoms with Crippen molar-refractivity contribution in [2.24, 2.45) is 17.8 Å². The molecular weight excluding hydrogens is 692 g/mol. The molecule has 2 fully saturated rings. The molecule has 0 bridgehead atoms. The first kappa shape index (κ1) is 44.3. The van der Waals surface area contributed by atoms with Crippen molar-refractivity contribution in [1.29, 1.82) is 0 Å². The molecule has 14 atom stereocenters. The Labute approximate surface area is 322 Å². The second kappa shape index (κ2) is 18.7. The van der Waals surface area contributed by atoms with Crippen LogP contribution in [0.15, 0.2) is 36.5 Å². The average molecular weight is 761 g/mol. The van der Waals surface area contributed by atoms with Crippen LogP contribution in [0.5, 0.6) is 0 Å². The maximum Gasteiger partial charge on any atom is 0.311 e. The van der Waals surface area contributed by atoms with Crippen molar-refractivity contribution in [3.05, 3.63) is 36.5 Å². The van der Waals surface area contributed by atoms with Crippen LogP contribution in [0.25, 0.3) is 10.9 Å². The molecule has 3 heterocycles. The highest BCUT2D eigenvalue weighted by Gasteiger charge is 2.50. The fourth-order valence-electron chi connectivity index (χ4n) is 8.63. The SMILES string of the molecule is CC[C@@H]1OC(=O)C(C)[C@H](O)[C@@H](C)[C@H](O[C@@H]2OC(C)C[C@H](N(C)CCCNc3ccnc4ccccc34)C2O)[C@](C)(O)C[C@H](C)CN(C)[C@H](C)[C@@H](O)C1(C)O. The summed E-state index contributed by atoms with van der Waals surface area (Å²) in [6, 6.07) is 9.14. The second-order valence-electron chi connectivity index (χ2n) is 16.8. The number of fused-ring (bicyclic) bond motifs is 1. The van der Waals surface area contributed by atoms with Gasteiger partial charge < -0.3 is 54.9 Å². The summed E-state index contributed by atoms with van der Waals surface area (Å²) < 4.78 is 18.6. The van der Waals surface area contributed by atoms with Gasteiger partial charge in [-0.1, -0.05) is 39.0 Å². The zero-order valence-corrected chi connectivity index (χ0v) is 34.1. The summed E-state index contributed by atoms with van der Waals surface area (Å²) in [7, 11) is 3.81. The molecule has 6 N–H and O–H groups in total. The number of rotatable bonds is 9. The van der Waals surface area contributed by atoms with E-state index in [4.69, 9.17) is 14.2 Å². The van der Waals surface area contributed by atoms with Crippen LogP contribution < -0.4 is 5.32 Å². The molecule has 2 aromatic rings. The lowest BCUT2D eigenvalue weighted by Crippen LogP contribution is -2.59. The lowest BCUT2D eigenvalue weighted by Gasteiger charge is -2.47. The number of ether oxygens (including phenoxy) is 3. The Morgan fingerprint density at radius 3 is 2.43 bits per heavy atom. The first-order chi connectivity index (χ1) is 25.3. The quantitative estimate of drug-likeness (QED) is 0.162. The summed E-state index contributed by atoms with van der Waals surface area (Å²) in [5.74, 6) is -2.76. The Morgan fingerprint density at radius 1 is 1.06 bits per heavy atom. The van der Waals surface area contributed by atoms with E-state index in [1.165, 1.54) is 13.8 Å². The molecule has 0 aliphatic carbocycles. The fraction of sp³-hybridized carbons (Fsp3) is 0.756. The molecule has 0 amide bonds. The van der Waals surface area contributed by atoms with E-state index in [0.29, 0.717) is 19.5 Å². The van der Waals surface area contributed by atoms with Gasteiger partial charge in [-0.25, -0.2) is 0 Å². The van der Waals surface area contributed by atoms with Crippen LogP contribution in [-0.2, 0) is 19.0 Å². The van der Waals surface area contributed by atoms with Crippen LogP contribution in [0, 0.1) is 17.8 Å². The van der Waals surface area contributed by atoms with E-state index >= 15 is 0 Å². The molecule has 2 aliphatic rings. The fourth-order valence-corrected chi connectivity index (χ4v) is 8.63. The number of hydrogen-bond donors (Lipinski definition) is 6. The number of nitrogens with one attached hydrogen (secondary N) is 1. The number of aromatic nitrogens is 1. The number of para-hydroxylation sites is 1. The van der Waals surface area contributed by atoms with Gasteiger partial charge in [-0.05, 0) is 99.0 Å². The first-order valence-corrected chi connectivity index (χ1v) is 19.8. The summed E-state index contributed by atoms with van der Waals surface area (Å²) in [6.07, 6.45) is -3.51. The number of hydrogen-bond acceptors (Lipinski definition) is 13. The first-order valence-electron chi connectivity index (χ1n) is 19.8. The molecule has 0 spiro atoms. The maximum absolute atomic E-state index is 13.5. The standard InChI is InChI=1S/C41H68N4O9/c1-11-33-41(8,51)36(48)28(6)45(10)23-24(2)22-40(7,50)37(26(4)34(46)27(5)38(49)53-33)54-39-35(47)32(21-25(3)52-39)44(9)20-14-18-42-31-17-19-43-30-16-13-12-15-29(30)31/h12-13,15-17,19,24-28,32-37,39,46-48,50-51H,11,14,18,20-23H2,1-10H3,(H,42,43)/t24-,25?,26+,27?,28+,32-,33-,34+,35?,36+,37-,39-,40+,41?/m0/s1. The van der Waals surface area contributed by atoms with Crippen molar-refractivity contribution in [3.8, 4) is 0 Å². The van der Waals surface area contributed by atoms with Crippen molar-refractivity contribution >= 4 is 22.6 Å². The van der Waals surface area contributed by atoms with E-state index in [9.17, 15) is 30.3 Å². The van der Waals surface area contributed by atoms with Gasteiger partial charge in [0, 0.05) is 48.4 Å². The van der Waals surface area contributed by atoms with Gasteiger partial charge in [0.15, 0.2) is 6.29 Å². The van der Waals surface area contributed by atoms with Crippen LogP contribution in [0.3, 0.4) is 0 Å². The Hall–Kier alpha value is -2.46. The smallest absolute Gasteiger partial charge is 0.311 e. The number of esters is 1. The predicted octanol–water partition coefficient (Wildman–Crippen LogP) is 3.40. The topological polar surface area (TPSA) is 177 Å². The minimum absolute atomic E-state index is 0.129. The summed E-state index contributed by atoms with van der Waals surface area (Å²) in [5.41, 5.74) is -1.36. The van der Waals surface area contributed by atoms with Crippen LogP contribution in [-0.4, -0.2) is 146 Å². The Balaban J connectivity index is 1.52. The third kappa shape index (κ3) is 10.3. The van der Waals surface area contributed by atoms with Crippen molar-refractivity contribution in [3.63, 3.8) is 0 Å². The molecule has 54 heavy (non-hydrogen) atoms.